The molecule has 5 rings (SSSR count). The number of aryl methyl sites for hydroxylation is 1. The Hall–Kier alpha value is -3.45. The number of nitrogens with zero attached hydrogens (tertiary/aromatic N) is 2. The summed E-state index contributed by atoms with van der Waals surface area (Å²) >= 11 is 1.44. The molecule has 4 aromatic rings. The van der Waals surface area contributed by atoms with Gasteiger partial charge >= 0.3 is 0 Å². The van der Waals surface area contributed by atoms with Gasteiger partial charge in [-0.05, 0) is 30.5 Å². The van der Waals surface area contributed by atoms with Crippen molar-refractivity contribution in [1.29, 1.82) is 0 Å². The Balaban J connectivity index is 1.53. The molecular formula is C21H15N3O3S. The third kappa shape index (κ3) is 2.76. The van der Waals surface area contributed by atoms with E-state index >= 15 is 0 Å². The molecule has 1 amide bonds. The van der Waals surface area contributed by atoms with Crippen LogP contribution < -0.4 is 10.1 Å². The molecule has 7 heteroatoms. The number of hydrogen-bond acceptors (Lipinski definition) is 6. The van der Waals surface area contributed by atoms with Gasteiger partial charge in [-0.3, -0.25) is 4.79 Å². The quantitative estimate of drug-likeness (QED) is 0.534. The average Bonchev–Trinajstić information content (AvgIpc) is 3.34. The highest BCUT2D eigenvalue weighted by Crippen LogP contribution is 2.44. The van der Waals surface area contributed by atoms with E-state index < -0.39 is 5.92 Å². The Bertz CT molecular complexity index is 1140. The van der Waals surface area contributed by atoms with Crippen LogP contribution in [0.1, 0.15) is 22.9 Å². The zero-order valence-electron chi connectivity index (χ0n) is 14.9. The minimum Gasteiger partial charge on any atom is -0.457 e. The van der Waals surface area contributed by atoms with E-state index in [0.717, 1.165) is 16.0 Å². The highest BCUT2D eigenvalue weighted by Gasteiger charge is 2.33. The van der Waals surface area contributed by atoms with Crippen LogP contribution in [-0.2, 0) is 4.79 Å². The van der Waals surface area contributed by atoms with Gasteiger partial charge < -0.3 is 14.6 Å². The zero-order valence-corrected chi connectivity index (χ0v) is 15.7. The van der Waals surface area contributed by atoms with E-state index in [1.807, 2.05) is 60.0 Å². The summed E-state index contributed by atoms with van der Waals surface area (Å²) in [6.07, 6.45) is 0. The van der Waals surface area contributed by atoms with Crippen LogP contribution in [-0.4, -0.2) is 16.0 Å². The van der Waals surface area contributed by atoms with Gasteiger partial charge in [0.05, 0.1) is 11.6 Å². The van der Waals surface area contributed by atoms with Gasteiger partial charge in [0.25, 0.3) is 5.89 Å². The van der Waals surface area contributed by atoms with Crippen molar-refractivity contribution in [1.82, 2.24) is 10.1 Å². The van der Waals surface area contributed by atoms with E-state index in [-0.39, 0.29) is 5.91 Å². The fraction of sp³-hybridized carbons (Fsp3) is 0.0952. The number of fused-ring (bicyclic) bond motifs is 2. The molecule has 0 atom stereocenters. The summed E-state index contributed by atoms with van der Waals surface area (Å²) in [4.78, 5) is 18.4. The van der Waals surface area contributed by atoms with Crippen LogP contribution in [0.5, 0.6) is 11.5 Å². The molecule has 1 aliphatic rings. The van der Waals surface area contributed by atoms with Crippen molar-refractivity contribution in [3.8, 4) is 22.3 Å². The van der Waals surface area contributed by atoms with Crippen LogP contribution in [0.3, 0.4) is 0 Å². The molecule has 138 valence electrons. The lowest BCUT2D eigenvalue weighted by molar-refractivity contribution is -0.116. The monoisotopic (exact) mass is 389 g/mol. The van der Waals surface area contributed by atoms with E-state index in [1.54, 1.807) is 6.92 Å². The van der Waals surface area contributed by atoms with Crippen LogP contribution in [0.15, 0.2) is 64.5 Å². The van der Waals surface area contributed by atoms with Gasteiger partial charge in [-0.2, -0.15) is 4.98 Å². The summed E-state index contributed by atoms with van der Waals surface area (Å²) in [7, 11) is 0. The van der Waals surface area contributed by atoms with E-state index in [9.17, 15) is 4.79 Å². The average molecular weight is 389 g/mol. The largest absolute Gasteiger partial charge is 0.457 e. The second kappa shape index (κ2) is 6.61. The topological polar surface area (TPSA) is 77.2 Å². The standard InChI is InChI=1S/C21H15N3O3S/c1-12-22-21(27-24-12)19-15(10-11-28-19)23-20(25)18-13-6-2-4-8-16(13)26-17-9-5-3-7-14(17)18/h2-11,18H,1H3,(H,23,25). The van der Waals surface area contributed by atoms with Crippen molar-refractivity contribution >= 4 is 22.9 Å². The van der Waals surface area contributed by atoms with Crippen LogP contribution in [0, 0.1) is 6.92 Å². The van der Waals surface area contributed by atoms with Crippen LogP contribution in [0.4, 0.5) is 5.69 Å². The van der Waals surface area contributed by atoms with E-state index in [4.69, 9.17) is 9.26 Å². The first-order chi connectivity index (χ1) is 13.7. The third-order valence-electron chi connectivity index (χ3n) is 4.59. The van der Waals surface area contributed by atoms with Crippen LogP contribution >= 0.6 is 11.3 Å². The molecule has 6 nitrogen and oxygen atoms in total. The molecule has 0 saturated carbocycles. The van der Waals surface area contributed by atoms with Gasteiger partial charge in [-0.1, -0.05) is 41.6 Å². The lowest BCUT2D eigenvalue weighted by Crippen LogP contribution is -2.25. The number of thiophene rings is 1. The number of nitrogens with one attached hydrogen (secondary N) is 1. The van der Waals surface area contributed by atoms with Crippen molar-refractivity contribution in [3.63, 3.8) is 0 Å². The molecular weight excluding hydrogens is 374 g/mol. The Morgan fingerprint density at radius 2 is 1.71 bits per heavy atom. The van der Waals surface area contributed by atoms with Gasteiger partial charge in [-0.25, -0.2) is 0 Å². The number of para-hydroxylation sites is 2. The summed E-state index contributed by atoms with van der Waals surface area (Å²) in [6, 6.07) is 17.1. The number of anilines is 1. The number of aromatic nitrogens is 2. The molecule has 1 N–H and O–H groups in total. The van der Waals surface area contributed by atoms with Gasteiger partial charge in [0.2, 0.25) is 5.91 Å². The van der Waals surface area contributed by atoms with Crippen molar-refractivity contribution < 1.29 is 14.1 Å². The number of benzene rings is 2. The molecule has 0 spiro atoms. The maximum Gasteiger partial charge on any atom is 0.270 e. The van der Waals surface area contributed by atoms with Crippen LogP contribution in [0.2, 0.25) is 0 Å². The molecule has 28 heavy (non-hydrogen) atoms. The van der Waals surface area contributed by atoms with E-state index in [2.05, 4.69) is 15.5 Å². The van der Waals surface area contributed by atoms with Gasteiger partial charge in [0.15, 0.2) is 5.82 Å². The zero-order chi connectivity index (χ0) is 19.1. The molecule has 0 saturated heterocycles. The summed E-state index contributed by atoms with van der Waals surface area (Å²) in [5.41, 5.74) is 2.33. The number of amides is 1. The second-order valence-electron chi connectivity index (χ2n) is 6.41. The maximum absolute atomic E-state index is 13.4. The SMILES string of the molecule is Cc1noc(-c2sccc2NC(=O)C2c3ccccc3Oc3ccccc32)n1. The lowest BCUT2D eigenvalue weighted by atomic mass is 9.87. The molecule has 0 fully saturated rings. The Morgan fingerprint density at radius 3 is 2.36 bits per heavy atom. The summed E-state index contributed by atoms with van der Waals surface area (Å²) < 4.78 is 11.2. The van der Waals surface area contributed by atoms with Crippen molar-refractivity contribution in [2.75, 3.05) is 5.32 Å². The fourth-order valence-corrected chi connectivity index (χ4v) is 4.13. The lowest BCUT2D eigenvalue weighted by Gasteiger charge is -2.27. The number of rotatable bonds is 3. The second-order valence-corrected chi connectivity index (χ2v) is 7.33. The first kappa shape index (κ1) is 16.7. The van der Waals surface area contributed by atoms with E-state index in [1.165, 1.54) is 11.3 Å². The molecule has 0 unspecified atom stereocenters. The highest BCUT2D eigenvalue weighted by atomic mass is 32.1. The normalized spacial score (nSPS) is 12.8. The third-order valence-corrected chi connectivity index (χ3v) is 5.49. The molecule has 0 bridgehead atoms. The van der Waals surface area contributed by atoms with Crippen LogP contribution in [0.25, 0.3) is 10.8 Å². The van der Waals surface area contributed by atoms with Crippen molar-refractivity contribution in [3.05, 3.63) is 76.9 Å². The van der Waals surface area contributed by atoms with Gasteiger partial charge in [0.1, 0.15) is 16.4 Å². The van der Waals surface area contributed by atoms with Crippen molar-refractivity contribution in [2.45, 2.75) is 12.8 Å². The maximum atomic E-state index is 13.4. The van der Waals surface area contributed by atoms with Gasteiger partial charge in [0, 0.05) is 11.1 Å². The minimum absolute atomic E-state index is 0.140. The summed E-state index contributed by atoms with van der Waals surface area (Å²) in [5.74, 6) is 1.72. The molecule has 1 aliphatic heterocycles. The molecule has 2 aromatic carbocycles. The number of carbonyl (C=O) groups excluding carboxylic acids is 1. The predicted molar refractivity (Wildman–Crippen MR) is 106 cm³/mol. The number of hydrogen-bond donors (Lipinski definition) is 1. The summed E-state index contributed by atoms with van der Waals surface area (Å²) in [5, 5.41) is 8.76. The van der Waals surface area contributed by atoms with Crippen molar-refractivity contribution in [2.24, 2.45) is 0 Å². The fourth-order valence-electron chi connectivity index (χ4n) is 3.36. The summed E-state index contributed by atoms with van der Waals surface area (Å²) in [6.45, 7) is 1.76. The molecule has 2 aromatic heterocycles. The first-order valence-electron chi connectivity index (χ1n) is 8.75. The minimum atomic E-state index is -0.474. The number of ether oxygens (including phenoxy) is 1. The Morgan fingerprint density at radius 1 is 1.04 bits per heavy atom. The molecule has 0 aliphatic carbocycles. The van der Waals surface area contributed by atoms with E-state index in [0.29, 0.717) is 28.9 Å². The smallest absolute Gasteiger partial charge is 0.270 e. The number of carbonyl (C=O) groups is 1. The first-order valence-corrected chi connectivity index (χ1v) is 9.63. The predicted octanol–water partition coefficient (Wildman–Crippen LogP) is 4.98. The highest BCUT2D eigenvalue weighted by molar-refractivity contribution is 7.14. The Labute approximate surface area is 164 Å². The molecule has 0 radical (unpaired) electrons. The Kier molecular flexibility index (Phi) is 3.95. The van der Waals surface area contributed by atoms with Gasteiger partial charge in [-0.15, -0.1) is 11.3 Å². The molecule has 3 heterocycles.